The minimum atomic E-state index is 0.763. The number of nitrogens with one attached hydrogen (secondary N) is 2. The molecule has 5 heteroatoms. The van der Waals surface area contributed by atoms with Crippen molar-refractivity contribution < 1.29 is 0 Å². The van der Waals surface area contributed by atoms with Crippen LogP contribution in [0.1, 0.15) is 49.3 Å². The van der Waals surface area contributed by atoms with Crippen molar-refractivity contribution in [1.82, 2.24) is 15.5 Å². The lowest BCUT2D eigenvalue weighted by Crippen LogP contribution is -2.38. The average molecular weight is 351 g/mol. The summed E-state index contributed by atoms with van der Waals surface area (Å²) in [6.07, 6.45) is 5.25. The largest absolute Gasteiger partial charge is 0.357 e. The van der Waals surface area contributed by atoms with Crippen molar-refractivity contribution in [2.75, 3.05) is 32.7 Å². The van der Waals surface area contributed by atoms with Crippen LogP contribution in [0.2, 0.25) is 0 Å². The van der Waals surface area contributed by atoms with Crippen molar-refractivity contribution in [1.29, 1.82) is 0 Å². The molecule has 4 nitrogen and oxygen atoms in total. The molecule has 2 rings (SSSR count). The molecular weight excluding hydrogens is 316 g/mol. The quantitative estimate of drug-likeness (QED) is 0.427. The number of hydrogen-bond donors (Lipinski definition) is 2. The van der Waals surface area contributed by atoms with Crippen LogP contribution >= 0.6 is 11.3 Å². The summed E-state index contributed by atoms with van der Waals surface area (Å²) >= 11 is 1.83. The summed E-state index contributed by atoms with van der Waals surface area (Å²) < 4.78 is 0. The van der Waals surface area contributed by atoms with E-state index in [2.05, 4.69) is 53.4 Å². The summed E-state index contributed by atoms with van der Waals surface area (Å²) in [7, 11) is 0. The molecule has 0 spiro atoms. The van der Waals surface area contributed by atoms with Crippen LogP contribution < -0.4 is 10.6 Å². The molecule has 1 aromatic heterocycles. The molecule has 2 N–H and O–H groups in total. The van der Waals surface area contributed by atoms with Crippen LogP contribution in [0.3, 0.4) is 0 Å². The number of aryl methyl sites for hydroxylation is 1. The summed E-state index contributed by atoms with van der Waals surface area (Å²) in [6, 6.07) is 4.34. The molecular formula is C19H34N4S. The van der Waals surface area contributed by atoms with Crippen LogP contribution in [0.25, 0.3) is 0 Å². The number of likely N-dealkylation sites (tertiary alicyclic amines) is 1. The van der Waals surface area contributed by atoms with Gasteiger partial charge in [-0.2, -0.15) is 0 Å². The molecule has 1 saturated heterocycles. The van der Waals surface area contributed by atoms with E-state index in [1.54, 1.807) is 0 Å². The van der Waals surface area contributed by atoms with Crippen LogP contribution in [0.5, 0.6) is 0 Å². The van der Waals surface area contributed by atoms with Gasteiger partial charge >= 0.3 is 0 Å². The molecule has 136 valence electrons. The van der Waals surface area contributed by atoms with E-state index in [1.165, 1.54) is 55.1 Å². The lowest BCUT2D eigenvalue weighted by Gasteiger charge is -2.30. The lowest BCUT2D eigenvalue weighted by molar-refractivity contribution is 0.181. The maximum atomic E-state index is 4.69. The second-order valence-corrected chi connectivity index (χ2v) is 8.26. The van der Waals surface area contributed by atoms with Gasteiger partial charge in [-0.25, -0.2) is 4.99 Å². The first kappa shape index (κ1) is 19.3. The van der Waals surface area contributed by atoms with Gasteiger partial charge in [-0.15, -0.1) is 11.3 Å². The molecule has 0 amide bonds. The van der Waals surface area contributed by atoms with Gasteiger partial charge in [-0.1, -0.05) is 6.92 Å². The average Bonchev–Trinajstić information content (AvgIpc) is 2.98. The topological polar surface area (TPSA) is 39.7 Å². The Bertz CT molecular complexity index is 497. The van der Waals surface area contributed by atoms with Gasteiger partial charge in [-0.3, -0.25) is 0 Å². The number of rotatable bonds is 8. The van der Waals surface area contributed by atoms with Crippen molar-refractivity contribution in [2.45, 2.75) is 53.0 Å². The molecule has 1 unspecified atom stereocenters. The van der Waals surface area contributed by atoms with Crippen LogP contribution in [-0.4, -0.2) is 43.6 Å². The van der Waals surface area contributed by atoms with Gasteiger partial charge in [0.25, 0.3) is 0 Å². The molecule has 0 saturated carbocycles. The second kappa shape index (κ2) is 10.7. The van der Waals surface area contributed by atoms with Gasteiger partial charge in [0.2, 0.25) is 0 Å². The first-order chi connectivity index (χ1) is 11.7. The van der Waals surface area contributed by atoms with Gasteiger partial charge in [0, 0.05) is 29.4 Å². The first-order valence-corrected chi connectivity index (χ1v) is 10.3. The van der Waals surface area contributed by atoms with Crippen LogP contribution in [0.15, 0.2) is 17.1 Å². The van der Waals surface area contributed by atoms with E-state index in [-0.39, 0.29) is 0 Å². The molecule has 0 bridgehead atoms. The Kier molecular flexibility index (Phi) is 8.60. The Labute approximate surface area is 151 Å². The Morgan fingerprint density at radius 1 is 1.33 bits per heavy atom. The molecule has 1 atom stereocenters. The van der Waals surface area contributed by atoms with Crippen molar-refractivity contribution >= 4 is 17.3 Å². The molecule has 0 aromatic carbocycles. The van der Waals surface area contributed by atoms with E-state index in [9.17, 15) is 0 Å². The lowest BCUT2D eigenvalue weighted by atomic mass is 10.0. The smallest absolute Gasteiger partial charge is 0.191 e. The zero-order valence-electron chi connectivity index (χ0n) is 15.6. The van der Waals surface area contributed by atoms with Crippen LogP contribution in [0.4, 0.5) is 0 Å². The number of unbranched alkanes of at least 4 members (excludes halogenated alkanes) is 1. The minimum Gasteiger partial charge on any atom is -0.357 e. The predicted molar refractivity (Wildman–Crippen MR) is 106 cm³/mol. The second-order valence-electron chi connectivity index (χ2n) is 6.89. The standard InChI is InChI=1S/C19H34N4S/c1-4-20-19(22-14-18-10-9-17(3)24-18)21-11-5-6-12-23-13-7-8-16(2)15-23/h9-10,16H,4-8,11-15H2,1-3H3,(H2,20,21,22). The van der Waals surface area contributed by atoms with E-state index < -0.39 is 0 Å². The molecule has 24 heavy (non-hydrogen) atoms. The van der Waals surface area contributed by atoms with Crippen molar-refractivity contribution in [3.8, 4) is 0 Å². The van der Waals surface area contributed by atoms with Crippen LogP contribution in [0, 0.1) is 12.8 Å². The third kappa shape index (κ3) is 7.22. The van der Waals surface area contributed by atoms with Crippen molar-refractivity contribution in [3.63, 3.8) is 0 Å². The van der Waals surface area contributed by atoms with E-state index in [4.69, 9.17) is 0 Å². The number of hydrogen-bond acceptors (Lipinski definition) is 3. The van der Waals surface area contributed by atoms with Gasteiger partial charge in [0.1, 0.15) is 0 Å². The van der Waals surface area contributed by atoms with Crippen molar-refractivity contribution in [2.24, 2.45) is 10.9 Å². The molecule has 2 heterocycles. The predicted octanol–water partition coefficient (Wildman–Crippen LogP) is 3.62. The highest BCUT2D eigenvalue weighted by molar-refractivity contribution is 7.11. The van der Waals surface area contributed by atoms with E-state index >= 15 is 0 Å². The zero-order chi connectivity index (χ0) is 17.2. The third-order valence-corrected chi connectivity index (χ3v) is 5.45. The SMILES string of the molecule is CCNC(=NCc1ccc(C)s1)NCCCCN1CCCC(C)C1. The van der Waals surface area contributed by atoms with E-state index in [1.807, 2.05) is 11.3 Å². The number of piperidine rings is 1. The Morgan fingerprint density at radius 3 is 2.92 bits per heavy atom. The molecule has 1 fully saturated rings. The summed E-state index contributed by atoms with van der Waals surface area (Å²) in [6.45, 7) is 13.1. The summed E-state index contributed by atoms with van der Waals surface area (Å²) in [4.78, 5) is 10.00. The van der Waals surface area contributed by atoms with Gasteiger partial charge in [0.15, 0.2) is 5.96 Å². The maximum absolute atomic E-state index is 4.69. The summed E-state index contributed by atoms with van der Waals surface area (Å²) in [5.74, 6) is 1.82. The normalized spacial score (nSPS) is 19.5. The molecule has 0 radical (unpaired) electrons. The van der Waals surface area contributed by atoms with Crippen LogP contribution in [-0.2, 0) is 6.54 Å². The van der Waals surface area contributed by atoms with Gasteiger partial charge in [-0.05, 0) is 70.7 Å². The maximum Gasteiger partial charge on any atom is 0.191 e. The molecule has 1 aromatic rings. The van der Waals surface area contributed by atoms with E-state index in [0.29, 0.717) is 0 Å². The summed E-state index contributed by atoms with van der Waals surface area (Å²) in [5, 5.41) is 6.81. The molecule has 1 aliphatic heterocycles. The highest BCUT2D eigenvalue weighted by Crippen LogP contribution is 2.16. The highest BCUT2D eigenvalue weighted by Gasteiger charge is 2.15. The minimum absolute atomic E-state index is 0.763. The highest BCUT2D eigenvalue weighted by atomic mass is 32.1. The molecule has 0 aliphatic carbocycles. The first-order valence-electron chi connectivity index (χ1n) is 9.47. The Morgan fingerprint density at radius 2 is 2.21 bits per heavy atom. The fraction of sp³-hybridized carbons (Fsp3) is 0.737. The number of thiophene rings is 1. The Hall–Kier alpha value is -1.07. The Balaban J connectivity index is 1.63. The van der Waals surface area contributed by atoms with Gasteiger partial charge in [0.05, 0.1) is 6.54 Å². The fourth-order valence-corrected chi connectivity index (χ4v) is 4.04. The zero-order valence-corrected chi connectivity index (χ0v) is 16.4. The number of aliphatic imine (C=N–C) groups is 1. The van der Waals surface area contributed by atoms with Gasteiger partial charge < -0.3 is 15.5 Å². The van der Waals surface area contributed by atoms with Crippen molar-refractivity contribution in [3.05, 3.63) is 21.9 Å². The summed E-state index contributed by atoms with van der Waals surface area (Å²) in [5.41, 5.74) is 0. The number of guanidine groups is 1. The third-order valence-electron chi connectivity index (χ3n) is 4.47. The molecule has 1 aliphatic rings. The monoisotopic (exact) mass is 350 g/mol. The van der Waals surface area contributed by atoms with E-state index in [0.717, 1.165) is 31.5 Å². The number of nitrogens with zero attached hydrogens (tertiary/aromatic N) is 2. The fourth-order valence-electron chi connectivity index (χ4n) is 3.23.